The van der Waals surface area contributed by atoms with E-state index in [2.05, 4.69) is 4.90 Å². The van der Waals surface area contributed by atoms with Gasteiger partial charge in [-0.25, -0.2) is 0 Å². The quantitative estimate of drug-likeness (QED) is 0.880. The van der Waals surface area contributed by atoms with Gasteiger partial charge in [0.15, 0.2) is 0 Å². The van der Waals surface area contributed by atoms with Gasteiger partial charge in [-0.3, -0.25) is 9.69 Å². The fourth-order valence-corrected chi connectivity index (χ4v) is 3.99. The van der Waals surface area contributed by atoms with Gasteiger partial charge in [-0.15, -0.1) is 0 Å². The third kappa shape index (κ3) is 2.85. The fourth-order valence-electron chi connectivity index (χ4n) is 3.40. The minimum absolute atomic E-state index is 0.184. The highest BCUT2D eigenvalue weighted by molar-refractivity contribution is 6.43. The Kier molecular flexibility index (Phi) is 4.38. The van der Waals surface area contributed by atoms with Crippen LogP contribution in [0.5, 0.6) is 0 Å². The van der Waals surface area contributed by atoms with Crippen LogP contribution >= 0.6 is 23.2 Å². The largest absolute Gasteiger partial charge is 0.481 e. The van der Waals surface area contributed by atoms with Crippen molar-refractivity contribution < 1.29 is 15.0 Å². The molecule has 6 heteroatoms. The summed E-state index contributed by atoms with van der Waals surface area (Å²) in [4.78, 5) is 13.3. The molecule has 22 heavy (non-hydrogen) atoms. The maximum Gasteiger partial charge on any atom is 0.306 e. The van der Waals surface area contributed by atoms with E-state index in [0.717, 1.165) is 25.2 Å². The number of carboxylic acid groups (broad SMARTS) is 1. The van der Waals surface area contributed by atoms with Gasteiger partial charge in [-0.1, -0.05) is 35.3 Å². The van der Waals surface area contributed by atoms with Gasteiger partial charge in [-0.05, 0) is 44.3 Å². The summed E-state index contributed by atoms with van der Waals surface area (Å²) in [5.41, 5.74) is 0.326. The van der Waals surface area contributed by atoms with E-state index < -0.39 is 17.5 Å². The molecule has 1 saturated heterocycles. The number of rotatable bonds is 4. The average molecular weight is 344 g/mol. The normalized spacial score (nSPS) is 28.6. The summed E-state index contributed by atoms with van der Waals surface area (Å²) in [5, 5.41) is 20.4. The Hall–Kier alpha value is -0.810. The van der Waals surface area contributed by atoms with Crippen LogP contribution in [0.25, 0.3) is 0 Å². The van der Waals surface area contributed by atoms with Gasteiger partial charge in [0.2, 0.25) is 0 Å². The highest BCUT2D eigenvalue weighted by Gasteiger charge is 2.48. The first-order valence-electron chi connectivity index (χ1n) is 7.55. The standard InChI is InChI=1S/C16H19Cl2NO3/c17-13-10(9-19-5-1-2-6-19)3-4-12(14(13)18)16(22)7-11(8-16)15(20)21/h3-4,11,22H,1-2,5-9H2,(H,20,21). The van der Waals surface area contributed by atoms with Gasteiger partial charge in [0.05, 0.1) is 21.6 Å². The van der Waals surface area contributed by atoms with Crippen LogP contribution < -0.4 is 0 Å². The molecule has 1 aromatic rings. The number of aliphatic carboxylic acids is 1. The summed E-state index contributed by atoms with van der Waals surface area (Å²) in [7, 11) is 0. The monoisotopic (exact) mass is 343 g/mol. The molecule has 2 N–H and O–H groups in total. The van der Waals surface area contributed by atoms with Crippen LogP contribution in [0, 0.1) is 5.92 Å². The van der Waals surface area contributed by atoms with Crippen molar-refractivity contribution in [1.29, 1.82) is 0 Å². The van der Waals surface area contributed by atoms with Crippen molar-refractivity contribution in [3.05, 3.63) is 33.3 Å². The Labute approximate surface area is 139 Å². The molecule has 0 bridgehead atoms. The summed E-state index contributed by atoms with van der Waals surface area (Å²) in [6.45, 7) is 2.90. The topological polar surface area (TPSA) is 60.8 Å². The number of aliphatic hydroxyl groups is 1. The predicted octanol–water partition coefficient (Wildman–Crippen LogP) is 3.27. The molecule has 1 heterocycles. The van der Waals surface area contributed by atoms with Crippen molar-refractivity contribution in [2.75, 3.05) is 13.1 Å². The first-order valence-corrected chi connectivity index (χ1v) is 8.31. The number of hydrogen-bond acceptors (Lipinski definition) is 3. The molecule has 3 rings (SSSR count). The molecule has 1 aromatic carbocycles. The lowest BCUT2D eigenvalue weighted by molar-refractivity contribution is -0.159. The number of nitrogens with zero attached hydrogens (tertiary/aromatic N) is 1. The van der Waals surface area contributed by atoms with Crippen molar-refractivity contribution in [1.82, 2.24) is 4.90 Å². The van der Waals surface area contributed by atoms with Gasteiger partial charge in [0.1, 0.15) is 0 Å². The molecule has 1 aliphatic carbocycles. The molecular weight excluding hydrogens is 325 g/mol. The number of benzene rings is 1. The number of halogens is 2. The van der Waals surface area contributed by atoms with E-state index in [1.54, 1.807) is 6.07 Å². The molecule has 0 unspecified atom stereocenters. The van der Waals surface area contributed by atoms with E-state index in [-0.39, 0.29) is 12.8 Å². The molecule has 1 saturated carbocycles. The molecule has 0 radical (unpaired) electrons. The van der Waals surface area contributed by atoms with E-state index in [1.165, 1.54) is 12.8 Å². The molecule has 2 aliphatic rings. The van der Waals surface area contributed by atoms with Crippen LogP contribution in [0.1, 0.15) is 36.8 Å². The lowest BCUT2D eigenvalue weighted by Crippen LogP contribution is -2.44. The van der Waals surface area contributed by atoms with Crippen LogP contribution in [-0.2, 0) is 16.9 Å². The first-order chi connectivity index (χ1) is 10.4. The zero-order chi connectivity index (χ0) is 15.9. The summed E-state index contributed by atoms with van der Waals surface area (Å²) >= 11 is 12.7. The zero-order valence-corrected chi connectivity index (χ0v) is 13.7. The number of likely N-dealkylation sites (tertiary alicyclic amines) is 1. The fraction of sp³-hybridized carbons (Fsp3) is 0.562. The van der Waals surface area contributed by atoms with Crippen molar-refractivity contribution >= 4 is 29.2 Å². The molecule has 4 nitrogen and oxygen atoms in total. The van der Waals surface area contributed by atoms with Gasteiger partial charge in [-0.2, -0.15) is 0 Å². The maximum absolute atomic E-state index is 10.9. The molecular formula is C16H19Cl2NO3. The highest BCUT2D eigenvalue weighted by atomic mass is 35.5. The second kappa shape index (κ2) is 6.00. The third-order valence-electron chi connectivity index (χ3n) is 4.77. The summed E-state index contributed by atoms with van der Waals surface area (Å²) < 4.78 is 0. The van der Waals surface area contributed by atoms with Gasteiger partial charge in [0, 0.05) is 12.1 Å². The molecule has 0 amide bonds. The van der Waals surface area contributed by atoms with Crippen molar-refractivity contribution in [3.63, 3.8) is 0 Å². The van der Waals surface area contributed by atoms with Crippen LogP contribution in [0.15, 0.2) is 12.1 Å². The lowest BCUT2D eigenvalue weighted by atomic mass is 9.67. The van der Waals surface area contributed by atoms with E-state index in [0.29, 0.717) is 15.6 Å². The second-order valence-electron chi connectivity index (χ2n) is 6.36. The smallest absolute Gasteiger partial charge is 0.306 e. The second-order valence-corrected chi connectivity index (χ2v) is 7.11. The average Bonchev–Trinajstić information content (AvgIpc) is 2.93. The maximum atomic E-state index is 10.9. The van der Waals surface area contributed by atoms with Crippen molar-refractivity contribution in [3.8, 4) is 0 Å². The predicted molar refractivity (Wildman–Crippen MR) is 85.2 cm³/mol. The van der Waals surface area contributed by atoms with Crippen LogP contribution in [0.3, 0.4) is 0 Å². The van der Waals surface area contributed by atoms with Gasteiger partial charge >= 0.3 is 5.97 Å². The van der Waals surface area contributed by atoms with Crippen molar-refractivity contribution in [2.24, 2.45) is 5.92 Å². The van der Waals surface area contributed by atoms with Crippen LogP contribution in [0.2, 0.25) is 10.0 Å². The molecule has 2 fully saturated rings. The number of hydrogen-bond donors (Lipinski definition) is 2. The van der Waals surface area contributed by atoms with E-state index in [4.69, 9.17) is 28.3 Å². The molecule has 0 spiro atoms. The summed E-state index contributed by atoms with van der Waals surface area (Å²) in [6.07, 6.45) is 2.78. The van der Waals surface area contributed by atoms with Crippen molar-refractivity contribution in [2.45, 2.75) is 37.8 Å². The van der Waals surface area contributed by atoms with E-state index in [1.807, 2.05) is 6.07 Å². The van der Waals surface area contributed by atoms with E-state index in [9.17, 15) is 9.90 Å². The van der Waals surface area contributed by atoms with Crippen LogP contribution in [-0.4, -0.2) is 34.2 Å². The van der Waals surface area contributed by atoms with Gasteiger partial charge < -0.3 is 10.2 Å². The Bertz CT molecular complexity index is 593. The molecule has 0 atom stereocenters. The van der Waals surface area contributed by atoms with Gasteiger partial charge in [0.25, 0.3) is 0 Å². The SMILES string of the molecule is O=C(O)C1CC(O)(c2ccc(CN3CCCC3)c(Cl)c2Cl)C1. The highest BCUT2D eigenvalue weighted by Crippen LogP contribution is 2.49. The number of carboxylic acids is 1. The Morgan fingerprint density at radius 3 is 2.45 bits per heavy atom. The molecule has 1 aliphatic heterocycles. The van der Waals surface area contributed by atoms with Crippen LogP contribution in [0.4, 0.5) is 0 Å². The summed E-state index contributed by atoms with van der Waals surface area (Å²) in [5.74, 6) is -1.39. The summed E-state index contributed by atoms with van der Waals surface area (Å²) in [6, 6.07) is 3.69. The Morgan fingerprint density at radius 1 is 1.23 bits per heavy atom. The zero-order valence-electron chi connectivity index (χ0n) is 12.2. The molecule has 120 valence electrons. The lowest BCUT2D eigenvalue weighted by Gasteiger charge is -2.42. The number of carbonyl (C=O) groups is 1. The molecule has 0 aromatic heterocycles. The minimum Gasteiger partial charge on any atom is -0.481 e. The Balaban J connectivity index is 1.79. The van der Waals surface area contributed by atoms with E-state index >= 15 is 0 Å². The Morgan fingerprint density at radius 2 is 1.86 bits per heavy atom. The third-order valence-corrected chi connectivity index (χ3v) is 5.69. The first kappa shape index (κ1) is 16.1. The minimum atomic E-state index is -1.17.